The Balaban J connectivity index is 3.30. The molecule has 0 heterocycles. The number of aliphatic carboxylic acids is 1. The van der Waals surface area contributed by atoms with Crippen LogP contribution in [-0.2, 0) is 19.0 Å². The van der Waals surface area contributed by atoms with Gasteiger partial charge in [-0.25, -0.2) is 0 Å². The lowest BCUT2D eigenvalue weighted by atomic mass is 10.3. The van der Waals surface area contributed by atoms with Crippen molar-refractivity contribution in [2.75, 3.05) is 53.7 Å². The number of methoxy groups -OCH3 is 1. The van der Waals surface area contributed by atoms with Gasteiger partial charge in [-0.3, -0.25) is 9.69 Å². The van der Waals surface area contributed by atoms with Crippen molar-refractivity contribution in [3.63, 3.8) is 0 Å². The quantitative estimate of drug-likeness (QED) is 0.523. The SMILES string of the molecule is COCCOCCOCCN(C)C(C)C(=O)O. The number of carboxylic acid groups (broad SMARTS) is 1. The number of nitrogens with zero attached hydrogens (tertiary/aromatic N) is 1. The number of carboxylic acids is 1. The third-order valence-corrected chi connectivity index (χ3v) is 2.41. The fourth-order valence-corrected chi connectivity index (χ4v) is 1.05. The molecule has 17 heavy (non-hydrogen) atoms. The summed E-state index contributed by atoms with van der Waals surface area (Å²) in [6, 6.07) is -0.489. The number of rotatable bonds is 11. The molecule has 0 aromatic rings. The average molecular weight is 249 g/mol. The van der Waals surface area contributed by atoms with Crippen molar-refractivity contribution in [3.05, 3.63) is 0 Å². The Kier molecular flexibility index (Phi) is 10.0. The van der Waals surface area contributed by atoms with Gasteiger partial charge in [0.2, 0.25) is 0 Å². The van der Waals surface area contributed by atoms with E-state index < -0.39 is 12.0 Å². The molecule has 0 aliphatic carbocycles. The molecule has 0 aromatic carbocycles. The molecule has 0 bridgehead atoms. The lowest BCUT2D eigenvalue weighted by Crippen LogP contribution is -2.38. The minimum atomic E-state index is -0.824. The summed E-state index contributed by atoms with van der Waals surface area (Å²) < 4.78 is 15.3. The minimum Gasteiger partial charge on any atom is -0.480 e. The van der Waals surface area contributed by atoms with E-state index in [1.165, 1.54) is 0 Å². The van der Waals surface area contributed by atoms with Gasteiger partial charge in [0.25, 0.3) is 0 Å². The fourth-order valence-electron chi connectivity index (χ4n) is 1.05. The van der Waals surface area contributed by atoms with Crippen molar-refractivity contribution in [2.24, 2.45) is 0 Å². The van der Waals surface area contributed by atoms with Crippen LogP contribution in [0.4, 0.5) is 0 Å². The Morgan fingerprint density at radius 2 is 1.71 bits per heavy atom. The van der Waals surface area contributed by atoms with Crippen molar-refractivity contribution in [1.29, 1.82) is 0 Å². The summed E-state index contributed by atoms with van der Waals surface area (Å²) in [5.41, 5.74) is 0. The number of likely N-dealkylation sites (N-methyl/N-ethyl adjacent to an activating group) is 1. The zero-order valence-corrected chi connectivity index (χ0v) is 10.8. The van der Waals surface area contributed by atoms with E-state index >= 15 is 0 Å². The number of hydrogen-bond acceptors (Lipinski definition) is 5. The van der Waals surface area contributed by atoms with Gasteiger partial charge in [-0.2, -0.15) is 0 Å². The van der Waals surface area contributed by atoms with Gasteiger partial charge in [0.1, 0.15) is 6.04 Å². The standard InChI is InChI=1S/C11H23NO5/c1-10(11(13)14)12(2)4-5-16-8-9-17-7-6-15-3/h10H,4-9H2,1-3H3,(H,13,14). The molecular weight excluding hydrogens is 226 g/mol. The molecule has 102 valence electrons. The topological polar surface area (TPSA) is 68.2 Å². The van der Waals surface area contributed by atoms with Crippen LogP contribution in [0, 0.1) is 0 Å². The molecule has 0 saturated carbocycles. The maximum atomic E-state index is 10.7. The smallest absolute Gasteiger partial charge is 0.320 e. The van der Waals surface area contributed by atoms with Gasteiger partial charge in [0, 0.05) is 13.7 Å². The minimum absolute atomic E-state index is 0.489. The fraction of sp³-hybridized carbons (Fsp3) is 0.909. The second kappa shape index (κ2) is 10.5. The molecule has 0 fully saturated rings. The molecule has 0 spiro atoms. The highest BCUT2D eigenvalue weighted by Gasteiger charge is 2.15. The van der Waals surface area contributed by atoms with Crippen molar-refractivity contribution in [2.45, 2.75) is 13.0 Å². The lowest BCUT2D eigenvalue weighted by molar-refractivity contribution is -0.142. The van der Waals surface area contributed by atoms with Crippen LogP contribution in [0.1, 0.15) is 6.92 Å². The highest BCUT2D eigenvalue weighted by Crippen LogP contribution is 1.94. The Bertz CT molecular complexity index is 200. The van der Waals surface area contributed by atoms with Crippen LogP contribution < -0.4 is 0 Å². The molecule has 1 N–H and O–H groups in total. The molecule has 0 amide bonds. The van der Waals surface area contributed by atoms with Gasteiger partial charge in [-0.05, 0) is 14.0 Å². The van der Waals surface area contributed by atoms with Crippen LogP contribution in [-0.4, -0.2) is 75.8 Å². The molecule has 0 aliphatic rings. The van der Waals surface area contributed by atoms with Gasteiger partial charge < -0.3 is 19.3 Å². The van der Waals surface area contributed by atoms with Gasteiger partial charge in [0.15, 0.2) is 0 Å². The van der Waals surface area contributed by atoms with Crippen molar-refractivity contribution < 1.29 is 24.1 Å². The molecule has 0 saturated heterocycles. The van der Waals surface area contributed by atoms with E-state index in [0.717, 1.165) is 0 Å². The summed E-state index contributed by atoms with van der Waals surface area (Å²) in [6.45, 7) is 4.93. The average Bonchev–Trinajstić information content (AvgIpc) is 2.31. The summed E-state index contributed by atoms with van der Waals surface area (Å²) in [5.74, 6) is -0.824. The van der Waals surface area contributed by atoms with Crippen molar-refractivity contribution in [3.8, 4) is 0 Å². The number of carbonyl (C=O) groups is 1. The monoisotopic (exact) mass is 249 g/mol. The molecule has 6 nitrogen and oxygen atoms in total. The first-order chi connectivity index (χ1) is 8.09. The van der Waals surface area contributed by atoms with Crippen molar-refractivity contribution >= 4 is 5.97 Å². The molecule has 0 rings (SSSR count). The van der Waals surface area contributed by atoms with Gasteiger partial charge in [-0.1, -0.05) is 0 Å². The van der Waals surface area contributed by atoms with Crippen LogP contribution in [0.25, 0.3) is 0 Å². The van der Waals surface area contributed by atoms with Crippen LogP contribution in [0.5, 0.6) is 0 Å². The zero-order valence-electron chi connectivity index (χ0n) is 10.8. The molecule has 1 unspecified atom stereocenters. The summed E-state index contributed by atoms with van der Waals surface area (Å²) in [7, 11) is 3.39. The summed E-state index contributed by atoms with van der Waals surface area (Å²) in [6.07, 6.45) is 0. The highest BCUT2D eigenvalue weighted by atomic mass is 16.5. The predicted octanol–water partition coefficient (Wildman–Crippen LogP) is 0.0709. The van der Waals surface area contributed by atoms with E-state index in [9.17, 15) is 4.79 Å². The third-order valence-electron chi connectivity index (χ3n) is 2.41. The molecule has 6 heteroatoms. The van der Waals surface area contributed by atoms with E-state index in [2.05, 4.69) is 0 Å². The lowest BCUT2D eigenvalue weighted by Gasteiger charge is -2.20. The van der Waals surface area contributed by atoms with Crippen molar-refractivity contribution in [1.82, 2.24) is 4.90 Å². The second-order valence-electron chi connectivity index (χ2n) is 3.71. The summed E-state index contributed by atoms with van der Waals surface area (Å²) in [4.78, 5) is 12.4. The number of hydrogen-bond donors (Lipinski definition) is 1. The van der Waals surface area contributed by atoms with E-state index in [-0.39, 0.29) is 0 Å². The second-order valence-corrected chi connectivity index (χ2v) is 3.71. The molecule has 0 aromatic heterocycles. The Morgan fingerprint density at radius 1 is 1.18 bits per heavy atom. The van der Waals surface area contributed by atoms with E-state index in [1.807, 2.05) is 0 Å². The van der Waals surface area contributed by atoms with E-state index in [0.29, 0.717) is 39.6 Å². The molecule has 0 radical (unpaired) electrons. The summed E-state index contributed by atoms with van der Waals surface area (Å²) >= 11 is 0. The Labute approximate surface area is 102 Å². The Hall–Kier alpha value is -0.690. The largest absolute Gasteiger partial charge is 0.480 e. The third kappa shape index (κ3) is 9.05. The van der Waals surface area contributed by atoms with Crippen LogP contribution in [0.15, 0.2) is 0 Å². The van der Waals surface area contributed by atoms with Crippen LogP contribution in [0.3, 0.4) is 0 Å². The molecular formula is C11H23NO5. The van der Waals surface area contributed by atoms with Crippen LogP contribution in [0.2, 0.25) is 0 Å². The first-order valence-electron chi connectivity index (χ1n) is 5.67. The normalized spacial score (nSPS) is 12.9. The number of ether oxygens (including phenoxy) is 3. The zero-order chi connectivity index (χ0) is 13.1. The van der Waals surface area contributed by atoms with Gasteiger partial charge >= 0.3 is 5.97 Å². The van der Waals surface area contributed by atoms with Crippen LogP contribution >= 0.6 is 0 Å². The van der Waals surface area contributed by atoms with Gasteiger partial charge in [0.05, 0.1) is 33.0 Å². The maximum Gasteiger partial charge on any atom is 0.320 e. The Morgan fingerprint density at radius 3 is 2.24 bits per heavy atom. The maximum absolute atomic E-state index is 10.7. The van der Waals surface area contributed by atoms with E-state index in [4.69, 9.17) is 19.3 Å². The van der Waals surface area contributed by atoms with E-state index in [1.54, 1.807) is 26.0 Å². The van der Waals surface area contributed by atoms with Gasteiger partial charge in [-0.15, -0.1) is 0 Å². The summed E-state index contributed by atoms with van der Waals surface area (Å²) in [5, 5.41) is 8.76. The predicted molar refractivity (Wildman–Crippen MR) is 63.2 cm³/mol. The first-order valence-corrected chi connectivity index (χ1v) is 5.67. The first kappa shape index (κ1) is 16.3. The molecule has 0 aliphatic heterocycles. The highest BCUT2D eigenvalue weighted by molar-refractivity contribution is 5.72. The molecule has 1 atom stereocenters.